The van der Waals surface area contributed by atoms with Gasteiger partial charge in [0.25, 0.3) is 0 Å². The first-order chi connectivity index (χ1) is 5.47. The summed E-state index contributed by atoms with van der Waals surface area (Å²) in [4.78, 5) is 0. The van der Waals surface area contributed by atoms with Crippen molar-refractivity contribution in [3.8, 4) is 11.3 Å². The van der Waals surface area contributed by atoms with Crippen LogP contribution < -0.4 is 0 Å². The number of hydrogen-bond donors (Lipinski definition) is 0. The lowest BCUT2D eigenvalue weighted by molar-refractivity contribution is 0.588. The Bertz CT molecular complexity index is 311. The lowest BCUT2D eigenvalue weighted by Gasteiger charge is -1.94. The molecule has 1 atom stereocenters. The van der Waals surface area contributed by atoms with E-state index in [0.717, 1.165) is 11.3 Å². The fraction of sp³-hybridized carbons (Fsp3) is 0. The van der Waals surface area contributed by atoms with Crippen molar-refractivity contribution >= 4 is 8.67 Å². The molecule has 0 N–H and O–H groups in total. The van der Waals surface area contributed by atoms with Crippen LogP contribution in [0.1, 0.15) is 0 Å². The van der Waals surface area contributed by atoms with Crippen molar-refractivity contribution in [3.05, 3.63) is 36.6 Å². The molecule has 56 valence electrons. The van der Waals surface area contributed by atoms with Gasteiger partial charge in [0.05, 0.1) is 5.56 Å². The molecule has 0 aromatic rings. The van der Waals surface area contributed by atoms with Gasteiger partial charge in [0, 0.05) is 0 Å². The minimum Gasteiger partial charge on any atom is -0.429 e. The maximum Gasteiger partial charge on any atom is 0.201 e. The molecule has 2 nitrogen and oxygen atoms in total. The second kappa shape index (κ2) is 2.85. The van der Waals surface area contributed by atoms with Gasteiger partial charge < -0.3 is 8.39 Å². The van der Waals surface area contributed by atoms with Crippen LogP contribution in [0.2, 0.25) is 0 Å². The van der Waals surface area contributed by atoms with Crippen molar-refractivity contribution in [3.63, 3.8) is 0 Å². The van der Waals surface area contributed by atoms with Crippen LogP contribution in [0.4, 0.5) is 0 Å². The molecule has 1 aliphatic heterocycles. The quantitative estimate of drug-likeness (QED) is 0.600. The largest absolute Gasteiger partial charge is 0.429 e. The van der Waals surface area contributed by atoms with E-state index in [1.807, 2.05) is 30.3 Å². The molecule has 0 amide bonds. The first-order valence-electron chi connectivity index (χ1n) is 3.30. The second-order valence-corrected chi connectivity index (χ2v) is 2.76. The molecule has 0 fully saturated rings. The van der Waals surface area contributed by atoms with E-state index >= 15 is 0 Å². The van der Waals surface area contributed by atoms with E-state index in [2.05, 4.69) is 0 Å². The summed E-state index contributed by atoms with van der Waals surface area (Å²) in [6.45, 7) is 0. The zero-order chi connectivity index (χ0) is 7.52. The molecular formula is C8H7O2P. The predicted octanol–water partition coefficient (Wildman–Crippen LogP) is 3.13. The number of rotatable bonds is 0. The van der Waals surface area contributed by atoms with Crippen molar-refractivity contribution in [1.29, 1.82) is 0 Å². The second-order valence-electron chi connectivity index (χ2n) is 2.15. The van der Waals surface area contributed by atoms with Gasteiger partial charge in [-0.05, 0) is 12.1 Å². The van der Waals surface area contributed by atoms with Crippen LogP contribution in [0, 0.1) is 0 Å². The molecule has 2 aliphatic rings. The summed E-state index contributed by atoms with van der Waals surface area (Å²) in [6.07, 6.45) is 1.72. The molecule has 1 heterocycles. The highest BCUT2D eigenvalue weighted by Crippen LogP contribution is 2.22. The molecule has 0 radical (unpaired) electrons. The fourth-order valence-corrected chi connectivity index (χ4v) is 1.39. The summed E-state index contributed by atoms with van der Waals surface area (Å²) in [5.41, 5.74) is 0.994. The predicted molar refractivity (Wildman–Crippen MR) is 44.7 cm³/mol. The third kappa shape index (κ3) is 1.31. The van der Waals surface area contributed by atoms with Gasteiger partial charge in [-0.2, -0.15) is 0 Å². The third-order valence-corrected chi connectivity index (χ3v) is 1.93. The normalized spacial score (nSPS) is 10.5. The van der Waals surface area contributed by atoms with Crippen LogP contribution in [-0.4, -0.2) is 0 Å². The number of fused-ring (bicyclic) bond motifs is 1. The Morgan fingerprint density at radius 1 is 1.09 bits per heavy atom. The highest BCUT2D eigenvalue weighted by atomic mass is 31.1. The van der Waals surface area contributed by atoms with E-state index in [0.29, 0.717) is 0 Å². The first kappa shape index (κ1) is 6.56. The van der Waals surface area contributed by atoms with Crippen LogP contribution in [-0.2, 0) is 0 Å². The van der Waals surface area contributed by atoms with Gasteiger partial charge in [0.2, 0.25) is 8.67 Å². The Morgan fingerprint density at radius 2 is 2.00 bits per heavy atom. The minimum absolute atomic E-state index is 0.0962. The maximum atomic E-state index is 5.26. The summed E-state index contributed by atoms with van der Waals surface area (Å²) in [5, 5.41) is 0. The summed E-state index contributed by atoms with van der Waals surface area (Å²) in [7, 11) is 0.0962. The van der Waals surface area contributed by atoms with Crippen LogP contribution >= 0.6 is 8.67 Å². The summed E-state index contributed by atoms with van der Waals surface area (Å²) < 4.78 is 10.3. The maximum absolute atomic E-state index is 5.26. The molecule has 2 rings (SSSR count). The van der Waals surface area contributed by atoms with Crippen LogP contribution in [0.5, 0.6) is 0 Å². The molecule has 1 unspecified atom stereocenters. The summed E-state index contributed by atoms with van der Waals surface area (Å²) in [5.74, 6) is 0.889. The van der Waals surface area contributed by atoms with Crippen molar-refractivity contribution in [2.24, 2.45) is 0 Å². The van der Waals surface area contributed by atoms with Gasteiger partial charge in [-0.3, -0.25) is 0 Å². The standard InChI is InChI=1S/C8H7O2P/c1-2-4-7-6-9-11-10-8(7)5-3-1/h1-6,11H. The molecule has 0 aromatic heterocycles. The lowest BCUT2D eigenvalue weighted by Crippen LogP contribution is -1.68. The van der Waals surface area contributed by atoms with Crippen molar-refractivity contribution in [1.82, 2.24) is 0 Å². The van der Waals surface area contributed by atoms with Crippen LogP contribution in [0.25, 0.3) is 11.3 Å². The molecule has 0 saturated carbocycles. The molecule has 0 bridgehead atoms. The summed E-state index contributed by atoms with van der Waals surface area (Å²) in [6, 6.07) is 9.75. The smallest absolute Gasteiger partial charge is 0.201 e. The van der Waals surface area contributed by atoms with Gasteiger partial charge >= 0.3 is 0 Å². The molecular weight excluding hydrogens is 159 g/mol. The highest BCUT2D eigenvalue weighted by molar-refractivity contribution is 7.15. The Kier molecular flexibility index (Phi) is 1.70. The average Bonchev–Trinajstić information content (AvgIpc) is 2.28. The number of hydrogen-bond acceptors (Lipinski definition) is 2. The van der Waals surface area contributed by atoms with Crippen LogP contribution in [0.15, 0.2) is 45.0 Å². The van der Waals surface area contributed by atoms with Crippen molar-refractivity contribution in [2.45, 2.75) is 0 Å². The topological polar surface area (TPSA) is 26.3 Å². The fourth-order valence-electron chi connectivity index (χ4n) is 0.891. The summed E-state index contributed by atoms with van der Waals surface area (Å²) >= 11 is 0. The van der Waals surface area contributed by atoms with Gasteiger partial charge in [-0.15, -0.1) is 0 Å². The van der Waals surface area contributed by atoms with Crippen molar-refractivity contribution in [2.75, 3.05) is 0 Å². The lowest BCUT2D eigenvalue weighted by atomic mass is 10.3. The van der Waals surface area contributed by atoms with Gasteiger partial charge in [0.15, 0.2) is 0 Å². The van der Waals surface area contributed by atoms with E-state index in [1.54, 1.807) is 6.26 Å². The van der Waals surface area contributed by atoms with Crippen LogP contribution in [0.3, 0.4) is 0 Å². The minimum atomic E-state index is 0.0962. The zero-order valence-corrected chi connectivity index (χ0v) is 6.78. The molecule has 0 aromatic carbocycles. The Balaban J connectivity index is 2.75. The molecule has 1 aliphatic carbocycles. The van der Waals surface area contributed by atoms with E-state index in [1.165, 1.54) is 0 Å². The Morgan fingerprint density at radius 3 is 3.00 bits per heavy atom. The molecule has 11 heavy (non-hydrogen) atoms. The van der Waals surface area contributed by atoms with E-state index < -0.39 is 0 Å². The van der Waals surface area contributed by atoms with Crippen molar-refractivity contribution < 1.29 is 8.39 Å². The Labute approximate surface area is 65.8 Å². The molecule has 0 spiro atoms. The van der Waals surface area contributed by atoms with Gasteiger partial charge in [0.1, 0.15) is 12.0 Å². The Hall–Kier alpha value is -1.14. The SMILES string of the molecule is c1ccc2co[pH]oc-2cc1. The van der Waals surface area contributed by atoms with E-state index in [4.69, 9.17) is 8.39 Å². The van der Waals surface area contributed by atoms with E-state index in [-0.39, 0.29) is 8.67 Å². The van der Waals surface area contributed by atoms with Gasteiger partial charge in [-0.1, -0.05) is 18.2 Å². The average molecular weight is 166 g/mol. The van der Waals surface area contributed by atoms with Gasteiger partial charge in [-0.25, -0.2) is 0 Å². The highest BCUT2D eigenvalue weighted by Gasteiger charge is 1.97. The zero-order valence-electron chi connectivity index (χ0n) is 5.78. The first-order valence-corrected chi connectivity index (χ1v) is 4.11. The van der Waals surface area contributed by atoms with E-state index in [9.17, 15) is 0 Å². The monoisotopic (exact) mass is 166 g/mol. The molecule has 0 saturated heterocycles. The molecule has 3 heteroatoms. The third-order valence-electron chi connectivity index (χ3n) is 1.42.